The number of benzene rings is 1. The molecule has 2 rings (SSSR count). The second-order valence-electron chi connectivity index (χ2n) is 4.22. The Morgan fingerprint density at radius 2 is 1.70 bits per heavy atom. The smallest absolute Gasteiger partial charge is 0.347 e. The normalized spacial score (nSPS) is 17.8. The van der Waals surface area contributed by atoms with Crippen LogP contribution in [0.2, 0.25) is 5.02 Å². The molecular formula is C14H6Cl4N2O3. The van der Waals surface area contributed by atoms with Crippen LogP contribution in [0.3, 0.4) is 0 Å². The Hall–Kier alpha value is -1.76. The zero-order valence-corrected chi connectivity index (χ0v) is 14.1. The van der Waals surface area contributed by atoms with E-state index >= 15 is 0 Å². The van der Waals surface area contributed by atoms with Gasteiger partial charge in [0.2, 0.25) is 4.33 Å². The van der Waals surface area contributed by atoms with Crippen LogP contribution >= 0.6 is 46.4 Å². The predicted octanol–water partition coefficient (Wildman–Crippen LogP) is 4.60. The molecule has 5 nitrogen and oxygen atoms in total. The largest absolute Gasteiger partial charge is 0.457 e. The molecule has 1 aliphatic rings. The number of hydrogen-bond acceptors (Lipinski definition) is 5. The van der Waals surface area contributed by atoms with Crippen LogP contribution in [-0.2, 0) is 9.47 Å². The third kappa shape index (κ3) is 3.44. The zero-order chi connectivity index (χ0) is 17.1. The third-order valence-corrected chi connectivity index (χ3v) is 4.07. The van der Waals surface area contributed by atoms with E-state index < -0.39 is 10.1 Å². The Labute approximate surface area is 151 Å². The van der Waals surface area contributed by atoms with Gasteiger partial charge >= 0.3 is 5.79 Å². The summed E-state index contributed by atoms with van der Waals surface area (Å²) in [5.74, 6) is -1.63. The van der Waals surface area contributed by atoms with Crippen molar-refractivity contribution in [3.05, 3.63) is 52.2 Å². The standard InChI is InChI=1S/C14H6Cl4N2O3/c15-9-2-1-3-10(4-9)23-11-5-12(16)14(21-7-19,22-8-20)13(17,18)6-11/h1-6H. The first-order valence-corrected chi connectivity index (χ1v) is 7.42. The van der Waals surface area contributed by atoms with Crippen molar-refractivity contribution in [3.63, 3.8) is 0 Å². The molecule has 0 aromatic heterocycles. The zero-order valence-electron chi connectivity index (χ0n) is 11.1. The van der Waals surface area contributed by atoms with Crippen molar-refractivity contribution in [2.24, 2.45) is 0 Å². The fourth-order valence-electron chi connectivity index (χ4n) is 1.80. The van der Waals surface area contributed by atoms with E-state index in [1.54, 1.807) is 24.3 Å². The summed E-state index contributed by atoms with van der Waals surface area (Å²) < 4.78 is 13.0. The highest BCUT2D eigenvalue weighted by Crippen LogP contribution is 2.49. The molecule has 0 saturated carbocycles. The van der Waals surface area contributed by atoms with E-state index in [4.69, 9.17) is 71.1 Å². The van der Waals surface area contributed by atoms with Gasteiger partial charge in [0.1, 0.15) is 16.5 Å². The van der Waals surface area contributed by atoms with Crippen LogP contribution in [0, 0.1) is 23.0 Å². The molecular weight excluding hydrogens is 386 g/mol. The molecule has 1 aliphatic carbocycles. The van der Waals surface area contributed by atoms with Gasteiger partial charge in [-0.05, 0) is 18.2 Å². The van der Waals surface area contributed by atoms with E-state index in [1.165, 1.54) is 24.7 Å². The van der Waals surface area contributed by atoms with E-state index in [0.717, 1.165) is 0 Å². The van der Waals surface area contributed by atoms with Crippen LogP contribution in [-0.4, -0.2) is 10.1 Å². The van der Waals surface area contributed by atoms with E-state index in [9.17, 15) is 0 Å². The molecule has 9 heteroatoms. The number of halogens is 4. The molecule has 0 N–H and O–H groups in total. The summed E-state index contributed by atoms with van der Waals surface area (Å²) in [5.41, 5.74) is 0. The monoisotopic (exact) mass is 390 g/mol. The molecule has 0 radical (unpaired) electrons. The molecule has 0 spiro atoms. The molecule has 0 saturated heterocycles. The van der Waals surface area contributed by atoms with Crippen molar-refractivity contribution in [2.45, 2.75) is 10.1 Å². The first-order chi connectivity index (χ1) is 10.8. The van der Waals surface area contributed by atoms with E-state index in [2.05, 4.69) is 0 Å². The van der Waals surface area contributed by atoms with Crippen molar-refractivity contribution in [2.75, 3.05) is 0 Å². The lowest BCUT2D eigenvalue weighted by molar-refractivity contribution is -0.125. The minimum absolute atomic E-state index is 0.154. The number of hydrogen-bond donors (Lipinski definition) is 0. The lowest BCUT2D eigenvalue weighted by Crippen LogP contribution is -2.50. The summed E-state index contributed by atoms with van der Waals surface area (Å²) in [7, 11) is 0. The fourth-order valence-corrected chi connectivity index (χ4v) is 2.99. The summed E-state index contributed by atoms with van der Waals surface area (Å²) in [6, 6.07) is 6.57. The lowest BCUT2D eigenvalue weighted by Gasteiger charge is -2.37. The molecule has 0 unspecified atom stereocenters. The minimum atomic E-state index is -2.19. The quantitative estimate of drug-likeness (QED) is 0.425. The second-order valence-corrected chi connectivity index (χ2v) is 6.45. The summed E-state index contributed by atoms with van der Waals surface area (Å²) >= 11 is 24.2. The van der Waals surface area contributed by atoms with Crippen LogP contribution in [0.1, 0.15) is 0 Å². The average molecular weight is 392 g/mol. The topological polar surface area (TPSA) is 75.3 Å². The van der Waals surface area contributed by atoms with Crippen LogP contribution in [0.5, 0.6) is 5.75 Å². The number of alkyl halides is 2. The van der Waals surface area contributed by atoms with Gasteiger partial charge in [-0.15, -0.1) is 0 Å². The van der Waals surface area contributed by atoms with Crippen LogP contribution in [0.25, 0.3) is 0 Å². The van der Waals surface area contributed by atoms with Gasteiger partial charge in [0.25, 0.3) is 12.5 Å². The third-order valence-electron chi connectivity index (χ3n) is 2.76. The number of nitrogens with zero attached hydrogens (tertiary/aromatic N) is 2. The molecule has 23 heavy (non-hydrogen) atoms. The first-order valence-electron chi connectivity index (χ1n) is 5.90. The van der Waals surface area contributed by atoms with Gasteiger partial charge < -0.3 is 14.2 Å². The van der Waals surface area contributed by atoms with Crippen molar-refractivity contribution in [1.82, 2.24) is 0 Å². The van der Waals surface area contributed by atoms with Crippen LogP contribution in [0.15, 0.2) is 47.2 Å². The molecule has 0 fully saturated rings. The van der Waals surface area contributed by atoms with E-state index in [-0.39, 0.29) is 10.8 Å². The highest BCUT2D eigenvalue weighted by Gasteiger charge is 2.59. The summed E-state index contributed by atoms with van der Waals surface area (Å²) in [5, 5.41) is 17.7. The molecule has 0 atom stereocenters. The predicted molar refractivity (Wildman–Crippen MR) is 84.7 cm³/mol. The summed E-state index contributed by atoms with van der Waals surface area (Å²) in [6.07, 6.45) is 5.18. The maximum Gasteiger partial charge on any atom is 0.347 e. The Morgan fingerprint density at radius 1 is 1.04 bits per heavy atom. The van der Waals surface area contributed by atoms with Gasteiger partial charge in [-0.3, -0.25) is 0 Å². The minimum Gasteiger partial charge on any atom is -0.457 e. The Bertz CT molecular complexity index is 746. The molecule has 1 aromatic carbocycles. The summed E-state index contributed by atoms with van der Waals surface area (Å²) in [4.78, 5) is 0. The maximum atomic E-state index is 8.76. The van der Waals surface area contributed by atoms with Crippen molar-refractivity contribution in [1.29, 1.82) is 10.5 Å². The number of rotatable bonds is 4. The molecule has 0 aliphatic heterocycles. The fraction of sp³-hybridized carbons (Fsp3) is 0.143. The van der Waals surface area contributed by atoms with Gasteiger partial charge in [-0.25, -0.2) is 0 Å². The molecule has 1 aromatic rings. The Balaban J connectivity index is 2.39. The maximum absolute atomic E-state index is 8.76. The second kappa shape index (κ2) is 6.78. The van der Waals surface area contributed by atoms with Crippen LogP contribution < -0.4 is 4.74 Å². The van der Waals surface area contributed by atoms with E-state index in [1.807, 2.05) is 0 Å². The Morgan fingerprint density at radius 3 is 2.22 bits per heavy atom. The number of ether oxygens (including phenoxy) is 3. The number of allylic oxidation sites excluding steroid dienone is 1. The van der Waals surface area contributed by atoms with Gasteiger partial charge in [-0.2, -0.15) is 10.5 Å². The van der Waals surface area contributed by atoms with Gasteiger partial charge in [0, 0.05) is 17.2 Å². The molecule has 118 valence electrons. The van der Waals surface area contributed by atoms with Gasteiger partial charge in [0.05, 0.1) is 0 Å². The van der Waals surface area contributed by atoms with E-state index in [0.29, 0.717) is 10.8 Å². The molecule has 0 bridgehead atoms. The SMILES string of the molecule is N#COC1(OC#N)C(Cl)=CC(Oc2cccc(Cl)c2)=CC1(Cl)Cl. The van der Waals surface area contributed by atoms with Crippen LogP contribution in [0.4, 0.5) is 0 Å². The lowest BCUT2D eigenvalue weighted by atomic mass is 10.0. The number of nitriles is 2. The average Bonchev–Trinajstić information content (AvgIpc) is 2.44. The Kier molecular flexibility index (Phi) is 5.19. The first kappa shape index (κ1) is 17.6. The van der Waals surface area contributed by atoms with Crippen molar-refractivity contribution >= 4 is 46.4 Å². The summed E-state index contributed by atoms with van der Waals surface area (Å²) in [6.45, 7) is 0. The van der Waals surface area contributed by atoms with Crippen molar-refractivity contribution in [3.8, 4) is 18.3 Å². The highest BCUT2D eigenvalue weighted by molar-refractivity contribution is 6.52. The molecule has 0 amide bonds. The van der Waals surface area contributed by atoms with Gasteiger partial charge in [0.15, 0.2) is 0 Å². The van der Waals surface area contributed by atoms with Gasteiger partial charge in [-0.1, -0.05) is 52.5 Å². The highest BCUT2D eigenvalue weighted by atomic mass is 35.5. The molecule has 0 heterocycles. The van der Waals surface area contributed by atoms with Crippen molar-refractivity contribution < 1.29 is 14.2 Å².